The van der Waals surface area contributed by atoms with Gasteiger partial charge in [-0.25, -0.2) is 9.97 Å². The van der Waals surface area contributed by atoms with Crippen molar-refractivity contribution in [3.05, 3.63) is 23.7 Å². The van der Waals surface area contributed by atoms with Crippen molar-refractivity contribution in [1.82, 2.24) is 19.7 Å². The highest BCUT2D eigenvalue weighted by atomic mass is 16.5. The standard InChI is InChI=1S/C12H15N5O/c1-2-17-6-8(5-14-17)12-15-10-3-4-18-7-9(10)11(13)16-12/h5-6H,2-4,7H2,1H3,(H2,13,15,16). The Morgan fingerprint density at radius 3 is 3.11 bits per heavy atom. The number of fused-ring (bicyclic) bond motifs is 1. The normalized spacial score (nSPS) is 14.5. The molecule has 0 aliphatic carbocycles. The molecule has 0 atom stereocenters. The Morgan fingerprint density at radius 1 is 1.44 bits per heavy atom. The highest BCUT2D eigenvalue weighted by Gasteiger charge is 2.17. The van der Waals surface area contributed by atoms with E-state index in [2.05, 4.69) is 15.1 Å². The van der Waals surface area contributed by atoms with E-state index in [0.29, 0.717) is 24.9 Å². The number of hydrogen-bond acceptors (Lipinski definition) is 5. The zero-order valence-electron chi connectivity index (χ0n) is 10.3. The van der Waals surface area contributed by atoms with Crippen molar-refractivity contribution in [2.45, 2.75) is 26.5 Å². The van der Waals surface area contributed by atoms with Crippen LogP contribution in [0.1, 0.15) is 18.2 Å². The van der Waals surface area contributed by atoms with Crippen LogP contribution in [-0.4, -0.2) is 26.4 Å². The molecule has 2 aromatic heterocycles. The van der Waals surface area contributed by atoms with Gasteiger partial charge in [0, 0.05) is 24.7 Å². The fourth-order valence-electron chi connectivity index (χ4n) is 2.04. The lowest BCUT2D eigenvalue weighted by Gasteiger charge is -2.17. The molecule has 0 aromatic carbocycles. The molecule has 1 aliphatic rings. The first kappa shape index (κ1) is 11.2. The third-order valence-corrected chi connectivity index (χ3v) is 3.07. The van der Waals surface area contributed by atoms with Crippen LogP contribution in [0.5, 0.6) is 0 Å². The lowest BCUT2D eigenvalue weighted by atomic mass is 10.1. The second kappa shape index (κ2) is 4.38. The van der Waals surface area contributed by atoms with Crippen molar-refractivity contribution in [3.63, 3.8) is 0 Å². The van der Waals surface area contributed by atoms with Crippen molar-refractivity contribution in [2.24, 2.45) is 0 Å². The fraction of sp³-hybridized carbons (Fsp3) is 0.417. The summed E-state index contributed by atoms with van der Waals surface area (Å²) in [6, 6.07) is 0. The first-order valence-corrected chi connectivity index (χ1v) is 6.03. The molecular formula is C12H15N5O. The number of hydrogen-bond donors (Lipinski definition) is 1. The molecule has 0 spiro atoms. The van der Waals surface area contributed by atoms with Crippen molar-refractivity contribution in [3.8, 4) is 11.4 Å². The lowest BCUT2D eigenvalue weighted by molar-refractivity contribution is 0.109. The predicted octanol–water partition coefficient (Wildman–Crippen LogP) is 1.01. The summed E-state index contributed by atoms with van der Waals surface area (Å²) in [6.07, 6.45) is 4.49. The second-order valence-electron chi connectivity index (χ2n) is 4.24. The average Bonchev–Trinajstić information content (AvgIpc) is 2.87. The molecule has 3 heterocycles. The Labute approximate surface area is 105 Å². The van der Waals surface area contributed by atoms with E-state index in [1.54, 1.807) is 6.20 Å². The second-order valence-corrected chi connectivity index (χ2v) is 4.24. The molecule has 2 aromatic rings. The topological polar surface area (TPSA) is 78.9 Å². The van der Waals surface area contributed by atoms with Crippen molar-refractivity contribution in [1.29, 1.82) is 0 Å². The Balaban J connectivity index is 2.04. The molecule has 0 radical (unpaired) electrons. The van der Waals surface area contributed by atoms with E-state index in [0.717, 1.165) is 29.8 Å². The van der Waals surface area contributed by atoms with Crippen LogP contribution < -0.4 is 5.73 Å². The number of aromatic nitrogens is 4. The van der Waals surface area contributed by atoms with Crippen LogP contribution in [0.3, 0.4) is 0 Å². The monoisotopic (exact) mass is 245 g/mol. The molecular weight excluding hydrogens is 230 g/mol. The van der Waals surface area contributed by atoms with Crippen molar-refractivity contribution < 1.29 is 4.74 Å². The van der Waals surface area contributed by atoms with Gasteiger partial charge in [-0.2, -0.15) is 5.10 Å². The summed E-state index contributed by atoms with van der Waals surface area (Å²) in [6.45, 7) is 4.07. The number of nitrogens with zero attached hydrogens (tertiary/aromatic N) is 4. The van der Waals surface area contributed by atoms with Crippen molar-refractivity contribution in [2.75, 3.05) is 12.3 Å². The smallest absolute Gasteiger partial charge is 0.164 e. The van der Waals surface area contributed by atoms with Gasteiger partial charge in [-0.05, 0) is 6.92 Å². The summed E-state index contributed by atoms with van der Waals surface area (Å²) in [5.41, 5.74) is 8.78. The summed E-state index contributed by atoms with van der Waals surface area (Å²) >= 11 is 0. The van der Waals surface area contributed by atoms with E-state index in [9.17, 15) is 0 Å². The first-order valence-electron chi connectivity index (χ1n) is 6.03. The number of ether oxygens (including phenoxy) is 1. The molecule has 1 aliphatic heterocycles. The molecule has 0 saturated heterocycles. The number of nitrogens with two attached hydrogens (primary N) is 1. The van der Waals surface area contributed by atoms with Crippen LogP contribution in [0.25, 0.3) is 11.4 Å². The first-order chi connectivity index (χ1) is 8.78. The largest absolute Gasteiger partial charge is 0.383 e. The molecule has 18 heavy (non-hydrogen) atoms. The van der Waals surface area contributed by atoms with Crippen LogP contribution in [0.2, 0.25) is 0 Å². The van der Waals surface area contributed by atoms with Crippen molar-refractivity contribution >= 4 is 5.82 Å². The van der Waals surface area contributed by atoms with Gasteiger partial charge in [0.2, 0.25) is 0 Å². The van der Waals surface area contributed by atoms with Crippen LogP contribution in [0.15, 0.2) is 12.4 Å². The molecule has 0 saturated carbocycles. The number of nitrogen functional groups attached to an aromatic ring is 1. The minimum atomic E-state index is 0.510. The summed E-state index contributed by atoms with van der Waals surface area (Å²) in [4.78, 5) is 8.91. The maximum absolute atomic E-state index is 5.96. The van der Waals surface area contributed by atoms with Crippen LogP contribution in [-0.2, 0) is 24.3 Å². The van der Waals surface area contributed by atoms with E-state index >= 15 is 0 Å². The number of anilines is 1. The third kappa shape index (κ3) is 1.84. The summed E-state index contributed by atoms with van der Waals surface area (Å²) in [5.74, 6) is 1.16. The van der Waals surface area contributed by atoms with Crippen LogP contribution in [0.4, 0.5) is 5.82 Å². The summed E-state index contributed by atoms with van der Waals surface area (Å²) in [5, 5.41) is 4.22. The number of aryl methyl sites for hydroxylation is 1. The van der Waals surface area contributed by atoms with Gasteiger partial charge in [-0.3, -0.25) is 4.68 Å². The molecule has 0 bridgehead atoms. The fourth-order valence-corrected chi connectivity index (χ4v) is 2.04. The molecule has 94 valence electrons. The summed E-state index contributed by atoms with van der Waals surface area (Å²) in [7, 11) is 0. The van der Waals surface area contributed by atoms with Gasteiger partial charge >= 0.3 is 0 Å². The minimum Gasteiger partial charge on any atom is -0.383 e. The Kier molecular flexibility index (Phi) is 2.71. The molecule has 0 amide bonds. The molecule has 0 fully saturated rings. The SMILES string of the molecule is CCn1cc(-c2nc(N)c3c(n2)CCOC3)cn1. The third-order valence-electron chi connectivity index (χ3n) is 3.07. The molecule has 6 heteroatoms. The maximum Gasteiger partial charge on any atom is 0.164 e. The Hall–Kier alpha value is -1.95. The minimum absolute atomic E-state index is 0.510. The van der Waals surface area contributed by atoms with Crippen LogP contribution in [0, 0.1) is 0 Å². The van der Waals surface area contributed by atoms with E-state index in [1.807, 2.05) is 17.8 Å². The highest BCUT2D eigenvalue weighted by molar-refractivity contribution is 5.57. The van der Waals surface area contributed by atoms with E-state index in [4.69, 9.17) is 10.5 Å². The zero-order valence-corrected chi connectivity index (χ0v) is 10.3. The molecule has 3 rings (SSSR count). The van der Waals surface area contributed by atoms with Gasteiger partial charge < -0.3 is 10.5 Å². The molecule has 0 unspecified atom stereocenters. The Bertz CT molecular complexity index is 578. The van der Waals surface area contributed by atoms with Gasteiger partial charge in [-0.15, -0.1) is 0 Å². The van der Waals surface area contributed by atoms with E-state index < -0.39 is 0 Å². The van der Waals surface area contributed by atoms with Gasteiger partial charge in [-0.1, -0.05) is 0 Å². The summed E-state index contributed by atoms with van der Waals surface area (Å²) < 4.78 is 7.21. The Morgan fingerprint density at radius 2 is 2.33 bits per heavy atom. The predicted molar refractivity (Wildman–Crippen MR) is 66.7 cm³/mol. The average molecular weight is 245 g/mol. The van der Waals surface area contributed by atoms with Gasteiger partial charge in [0.05, 0.1) is 30.7 Å². The maximum atomic E-state index is 5.96. The highest BCUT2D eigenvalue weighted by Crippen LogP contribution is 2.23. The molecule has 2 N–H and O–H groups in total. The van der Waals surface area contributed by atoms with E-state index in [1.165, 1.54) is 0 Å². The van der Waals surface area contributed by atoms with Crippen LogP contribution >= 0.6 is 0 Å². The molecule has 6 nitrogen and oxygen atoms in total. The lowest BCUT2D eigenvalue weighted by Crippen LogP contribution is -2.16. The van der Waals surface area contributed by atoms with Gasteiger partial charge in [0.1, 0.15) is 5.82 Å². The van der Waals surface area contributed by atoms with E-state index in [-0.39, 0.29) is 0 Å². The van der Waals surface area contributed by atoms with Gasteiger partial charge in [0.25, 0.3) is 0 Å². The van der Waals surface area contributed by atoms with Gasteiger partial charge in [0.15, 0.2) is 5.82 Å². The zero-order chi connectivity index (χ0) is 12.5. The number of rotatable bonds is 2. The quantitative estimate of drug-likeness (QED) is 0.854.